The molecule has 0 radical (unpaired) electrons. The average Bonchev–Trinajstić information content (AvgIpc) is 2.70. The van der Waals surface area contributed by atoms with Gasteiger partial charge in [0.25, 0.3) is 15.9 Å². The van der Waals surface area contributed by atoms with Crippen LogP contribution in [0.15, 0.2) is 71.6 Å². The molecule has 0 fully saturated rings. The predicted molar refractivity (Wildman–Crippen MR) is 116 cm³/mol. The summed E-state index contributed by atoms with van der Waals surface area (Å²) < 4.78 is 33.3. The summed E-state index contributed by atoms with van der Waals surface area (Å²) in [5.74, 6) is -0.450. The normalized spacial score (nSPS) is 11.0. The van der Waals surface area contributed by atoms with Crippen LogP contribution in [-0.4, -0.2) is 26.0 Å². The molecule has 0 aliphatic carbocycles. The van der Waals surface area contributed by atoms with Crippen LogP contribution in [0.2, 0.25) is 5.02 Å². The monoisotopic (exact) mass is 446 g/mol. The number of anilines is 2. The lowest BCUT2D eigenvalue weighted by atomic mass is 10.2. The molecule has 3 aromatic carbocycles. The lowest BCUT2D eigenvalue weighted by molar-refractivity contribution is 0.102. The highest BCUT2D eigenvalue weighted by Crippen LogP contribution is 2.29. The Bertz CT molecular complexity index is 1180. The fraction of sp³-hybridized carbons (Fsp3) is 0.0952. The van der Waals surface area contributed by atoms with Crippen molar-refractivity contribution < 1.29 is 23.1 Å². The largest absolute Gasteiger partial charge is 0.506 e. The van der Waals surface area contributed by atoms with Gasteiger partial charge in [0.2, 0.25) is 0 Å². The van der Waals surface area contributed by atoms with Crippen LogP contribution in [0.1, 0.15) is 17.3 Å². The third-order valence-corrected chi connectivity index (χ3v) is 5.65. The summed E-state index contributed by atoms with van der Waals surface area (Å²) in [4.78, 5) is 12.5. The van der Waals surface area contributed by atoms with Crippen LogP contribution in [0.25, 0.3) is 0 Å². The van der Waals surface area contributed by atoms with E-state index in [9.17, 15) is 18.3 Å². The quantitative estimate of drug-likeness (QED) is 0.463. The first-order valence-corrected chi connectivity index (χ1v) is 10.8. The Hall–Kier alpha value is -3.23. The topological polar surface area (TPSA) is 105 Å². The van der Waals surface area contributed by atoms with E-state index in [0.29, 0.717) is 17.4 Å². The summed E-state index contributed by atoms with van der Waals surface area (Å²) >= 11 is 5.89. The number of carbonyl (C=O) groups excluding carboxylic acids is 1. The molecule has 156 valence electrons. The first kappa shape index (κ1) is 21.5. The van der Waals surface area contributed by atoms with Crippen LogP contribution < -0.4 is 14.8 Å². The molecule has 0 bridgehead atoms. The highest BCUT2D eigenvalue weighted by Gasteiger charge is 2.19. The summed E-state index contributed by atoms with van der Waals surface area (Å²) in [5.41, 5.74) is 0.483. The molecule has 0 heterocycles. The van der Waals surface area contributed by atoms with E-state index >= 15 is 0 Å². The summed E-state index contributed by atoms with van der Waals surface area (Å²) in [6.45, 7) is 2.17. The first-order chi connectivity index (χ1) is 14.3. The number of benzene rings is 3. The number of phenols is 1. The van der Waals surface area contributed by atoms with Gasteiger partial charge < -0.3 is 15.2 Å². The molecule has 0 aliphatic rings. The molecule has 3 rings (SSSR count). The van der Waals surface area contributed by atoms with Gasteiger partial charge in [0.1, 0.15) is 11.5 Å². The number of hydrogen-bond donors (Lipinski definition) is 3. The van der Waals surface area contributed by atoms with Crippen LogP contribution in [0.3, 0.4) is 0 Å². The zero-order valence-electron chi connectivity index (χ0n) is 15.9. The van der Waals surface area contributed by atoms with E-state index < -0.39 is 15.9 Å². The lowest BCUT2D eigenvalue weighted by Gasteiger charge is -2.13. The van der Waals surface area contributed by atoms with Crippen molar-refractivity contribution in [3.05, 3.63) is 77.3 Å². The summed E-state index contributed by atoms with van der Waals surface area (Å²) in [6.07, 6.45) is 0. The van der Waals surface area contributed by atoms with Gasteiger partial charge in [0.05, 0.1) is 28.4 Å². The second-order valence-corrected chi connectivity index (χ2v) is 8.30. The zero-order valence-corrected chi connectivity index (χ0v) is 17.5. The van der Waals surface area contributed by atoms with Crippen molar-refractivity contribution >= 4 is 38.9 Å². The summed E-state index contributed by atoms with van der Waals surface area (Å²) in [6, 6.07) is 16.5. The molecule has 1 amide bonds. The molecule has 0 aliphatic heterocycles. The fourth-order valence-electron chi connectivity index (χ4n) is 2.67. The van der Waals surface area contributed by atoms with Gasteiger partial charge in [0, 0.05) is 5.02 Å². The molecule has 0 spiro atoms. The smallest absolute Gasteiger partial charge is 0.261 e. The number of rotatable bonds is 7. The zero-order chi connectivity index (χ0) is 21.7. The van der Waals surface area contributed by atoms with E-state index in [1.54, 1.807) is 49.4 Å². The lowest BCUT2D eigenvalue weighted by Crippen LogP contribution is -2.16. The number of sulfonamides is 1. The first-order valence-electron chi connectivity index (χ1n) is 8.94. The maximum absolute atomic E-state index is 12.7. The highest BCUT2D eigenvalue weighted by molar-refractivity contribution is 7.92. The van der Waals surface area contributed by atoms with Gasteiger partial charge in [-0.2, -0.15) is 0 Å². The maximum Gasteiger partial charge on any atom is 0.261 e. The standard InChI is InChI=1S/C21H19ClN2O5S/c1-2-29-20-9-4-3-8-17(20)21(26)23-18-13-16(10-11-19(18)25)30(27,28)24-15-7-5-6-14(22)12-15/h3-13,24-25H,2H2,1H3,(H,23,26). The van der Waals surface area contributed by atoms with Gasteiger partial charge >= 0.3 is 0 Å². The molecular formula is C21H19ClN2O5S. The highest BCUT2D eigenvalue weighted by atomic mass is 35.5. The minimum absolute atomic E-state index is 0.0553. The number of halogens is 1. The van der Waals surface area contributed by atoms with E-state index in [0.717, 1.165) is 0 Å². The Morgan fingerprint density at radius 1 is 1.07 bits per heavy atom. The third-order valence-electron chi connectivity index (χ3n) is 4.03. The third kappa shape index (κ3) is 5.03. The van der Waals surface area contributed by atoms with Crippen LogP contribution in [0.4, 0.5) is 11.4 Å². The van der Waals surface area contributed by atoms with Crippen molar-refractivity contribution in [1.82, 2.24) is 0 Å². The van der Waals surface area contributed by atoms with E-state index in [1.807, 2.05) is 0 Å². The number of hydrogen-bond acceptors (Lipinski definition) is 5. The van der Waals surface area contributed by atoms with Crippen LogP contribution in [0, 0.1) is 0 Å². The van der Waals surface area contributed by atoms with Gasteiger partial charge in [-0.1, -0.05) is 29.8 Å². The SMILES string of the molecule is CCOc1ccccc1C(=O)Nc1cc(S(=O)(=O)Nc2cccc(Cl)c2)ccc1O. The Morgan fingerprint density at radius 3 is 2.57 bits per heavy atom. The van der Waals surface area contributed by atoms with Crippen molar-refractivity contribution in [1.29, 1.82) is 0 Å². The van der Waals surface area contributed by atoms with Crippen molar-refractivity contribution in [2.45, 2.75) is 11.8 Å². The second-order valence-electron chi connectivity index (χ2n) is 6.18. The molecule has 0 saturated carbocycles. The number of para-hydroxylation sites is 1. The number of nitrogens with one attached hydrogen (secondary N) is 2. The van der Waals surface area contributed by atoms with E-state index in [-0.39, 0.29) is 27.6 Å². The van der Waals surface area contributed by atoms with E-state index in [2.05, 4.69) is 10.0 Å². The second kappa shape index (κ2) is 9.06. The van der Waals surface area contributed by atoms with Crippen LogP contribution in [-0.2, 0) is 10.0 Å². The summed E-state index contributed by atoms with van der Waals surface area (Å²) in [5, 5.41) is 13.0. The Morgan fingerprint density at radius 2 is 1.83 bits per heavy atom. The number of amides is 1. The molecule has 0 unspecified atom stereocenters. The van der Waals surface area contributed by atoms with Gasteiger partial charge in [-0.05, 0) is 55.5 Å². The molecule has 30 heavy (non-hydrogen) atoms. The molecular weight excluding hydrogens is 428 g/mol. The molecule has 0 saturated heterocycles. The molecule has 7 nitrogen and oxygen atoms in total. The molecule has 0 atom stereocenters. The van der Waals surface area contributed by atoms with Gasteiger partial charge in [-0.25, -0.2) is 8.42 Å². The molecule has 0 aromatic heterocycles. The molecule has 3 aromatic rings. The molecule has 3 N–H and O–H groups in total. The Labute approximate surface area is 179 Å². The molecule has 9 heteroatoms. The predicted octanol–water partition coefficient (Wildman–Crippen LogP) is 4.50. The average molecular weight is 447 g/mol. The number of phenolic OH excluding ortho intramolecular Hbond substituents is 1. The number of aromatic hydroxyl groups is 1. The Balaban J connectivity index is 1.87. The van der Waals surface area contributed by atoms with Crippen molar-refractivity contribution in [2.24, 2.45) is 0 Å². The van der Waals surface area contributed by atoms with Gasteiger partial charge in [0.15, 0.2) is 0 Å². The van der Waals surface area contributed by atoms with Crippen LogP contribution >= 0.6 is 11.6 Å². The Kier molecular flexibility index (Phi) is 6.49. The number of carbonyl (C=O) groups is 1. The minimum atomic E-state index is -3.98. The maximum atomic E-state index is 12.7. The van der Waals surface area contributed by atoms with Crippen molar-refractivity contribution in [3.63, 3.8) is 0 Å². The van der Waals surface area contributed by atoms with E-state index in [1.165, 1.54) is 24.3 Å². The van der Waals surface area contributed by atoms with Crippen molar-refractivity contribution in [2.75, 3.05) is 16.6 Å². The van der Waals surface area contributed by atoms with Crippen molar-refractivity contribution in [3.8, 4) is 11.5 Å². The summed E-state index contributed by atoms with van der Waals surface area (Å²) in [7, 11) is -3.98. The van der Waals surface area contributed by atoms with E-state index in [4.69, 9.17) is 16.3 Å². The minimum Gasteiger partial charge on any atom is -0.506 e. The fourth-order valence-corrected chi connectivity index (χ4v) is 3.94. The van der Waals surface area contributed by atoms with Gasteiger partial charge in [-0.15, -0.1) is 0 Å². The number of ether oxygens (including phenoxy) is 1. The van der Waals surface area contributed by atoms with Gasteiger partial charge in [-0.3, -0.25) is 9.52 Å². The van der Waals surface area contributed by atoms with Crippen LogP contribution in [0.5, 0.6) is 11.5 Å².